The van der Waals surface area contributed by atoms with Gasteiger partial charge in [0.2, 0.25) is 0 Å². The molecule has 266 valence electrons. The molecule has 0 amide bonds. The molecule has 4 heterocycles. The van der Waals surface area contributed by atoms with Crippen molar-refractivity contribution in [1.29, 1.82) is 0 Å². The molecule has 3 aromatic heterocycles. The van der Waals surface area contributed by atoms with E-state index in [1.807, 2.05) is 46.2 Å². The van der Waals surface area contributed by atoms with Crippen LogP contribution < -0.4 is 23.6 Å². The fourth-order valence-electron chi connectivity index (χ4n) is 7.14. The fraction of sp³-hybridized carbons (Fsp3) is 0.389. The molecule has 1 saturated heterocycles. The average molecular weight is 775 g/mol. The first-order valence-electron chi connectivity index (χ1n) is 17.1. The molecule has 1 aliphatic carbocycles. The van der Waals surface area contributed by atoms with Crippen LogP contribution in [0.25, 0.3) is 16.8 Å². The Labute approximate surface area is 307 Å². The summed E-state index contributed by atoms with van der Waals surface area (Å²) in [7, 11) is 3.75. The Hall–Kier alpha value is -4.52. The summed E-state index contributed by atoms with van der Waals surface area (Å²) in [6.45, 7) is 5.73. The van der Waals surface area contributed by atoms with Crippen molar-refractivity contribution in [2.24, 2.45) is 7.05 Å². The highest BCUT2D eigenvalue weighted by atomic mass is 79.9. The number of hydrogen-bond donors (Lipinski definition) is 1. The van der Waals surface area contributed by atoms with Gasteiger partial charge in [0.25, 0.3) is 0 Å². The van der Waals surface area contributed by atoms with Gasteiger partial charge in [-0.2, -0.15) is 10.2 Å². The van der Waals surface area contributed by atoms with Gasteiger partial charge in [0, 0.05) is 73.9 Å². The van der Waals surface area contributed by atoms with Crippen molar-refractivity contribution in [3.63, 3.8) is 0 Å². The third kappa shape index (κ3) is 7.58. The molecule has 5 aromatic rings. The second-order valence-corrected chi connectivity index (χ2v) is 15.3. The van der Waals surface area contributed by atoms with Gasteiger partial charge in [-0.1, -0.05) is 17.4 Å². The highest BCUT2D eigenvalue weighted by Crippen LogP contribution is 2.44. The Balaban J connectivity index is 1.21. The maximum absolute atomic E-state index is 12.6. The van der Waals surface area contributed by atoms with E-state index in [0.29, 0.717) is 29.2 Å². The highest BCUT2D eigenvalue weighted by molar-refractivity contribution is 9.10. The molecule has 51 heavy (non-hydrogen) atoms. The zero-order valence-electron chi connectivity index (χ0n) is 29.4. The molecule has 1 aliphatic heterocycles. The second kappa shape index (κ2) is 15.4. The Kier molecular flexibility index (Phi) is 10.5. The highest BCUT2D eigenvalue weighted by Gasteiger charge is 2.28. The molecule has 0 radical (unpaired) electrons. The Bertz CT molecular complexity index is 2000. The summed E-state index contributed by atoms with van der Waals surface area (Å²) in [5, 5.41) is 12.5. The lowest BCUT2D eigenvalue weighted by molar-refractivity contribution is 0.187. The van der Waals surface area contributed by atoms with Crippen LogP contribution in [0.3, 0.4) is 0 Å². The third-order valence-electron chi connectivity index (χ3n) is 9.70. The maximum atomic E-state index is 12.6. The monoisotopic (exact) mass is 773 g/mol. The summed E-state index contributed by atoms with van der Waals surface area (Å²) in [6, 6.07) is 10.9. The predicted molar refractivity (Wildman–Crippen MR) is 205 cm³/mol. The minimum atomic E-state index is -1.49. The molecule has 1 unspecified atom stereocenters. The van der Waals surface area contributed by atoms with Gasteiger partial charge >= 0.3 is 7.80 Å². The van der Waals surface area contributed by atoms with Crippen LogP contribution in [0.1, 0.15) is 31.2 Å². The number of anilines is 5. The van der Waals surface area contributed by atoms with Crippen molar-refractivity contribution in [2.75, 3.05) is 61.2 Å². The van der Waals surface area contributed by atoms with Crippen molar-refractivity contribution in [3.8, 4) is 28.3 Å². The summed E-state index contributed by atoms with van der Waals surface area (Å²) >= 11 is 3.79. The van der Waals surface area contributed by atoms with E-state index in [1.54, 1.807) is 44.2 Å². The van der Waals surface area contributed by atoms with Gasteiger partial charge in [-0.15, -0.1) is 0 Å². The average Bonchev–Trinajstić information content (AvgIpc) is 3.94. The Morgan fingerprint density at radius 2 is 1.78 bits per heavy atom. The molecular weight excluding hydrogens is 731 g/mol. The first kappa shape index (κ1) is 34.9. The van der Waals surface area contributed by atoms with Crippen LogP contribution in [0.15, 0.2) is 67.6 Å². The quantitative estimate of drug-likeness (QED) is 0.102. The minimum absolute atomic E-state index is 0.367. The van der Waals surface area contributed by atoms with Crippen molar-refractivity contribution >= 4 is 52.5 Å². The molecule has 15 heteroatoms. The number of aromatic nitrogens is 6. The van der Waals surface area contributed by atoms with Crippen LogP contribution >= 0.6 is 23.9 Å². The summed E-state index contributed by atoms with van der Waals surface area (Å²) in [5.41, 5.74) is 7.10. The number of nitrogens with zero attached hydrogens (tertiary/aromatic N) is 9. The molecule has 2 aromatic carbocycles. The van der Waals surface area contributed by atoms with E-state index in [9.17, 15) is 4.57 Å². The van der Waals surface area contributed by atoms with E-state index < -0.39 is 7.80 Å². The van der Waals surface area contributed by atoms with E-state index in [0.717, 1.165) is 71.7 Å². The van der Waals surface area contributed by atoms with Gasteiger partial charge in [-0.3, -0.25) is 13.5 Å². The van der Waals surface area contributed by atoms with Gasteiger partial charge < -0.3 is 19.7 Å². The molecular formula is C36H43BrN10O3P+. The molecule has 0 bridgehead atoms. The van der Waals surface area contributed by atoms with Crippen LogP contribution in [0, 0.1) is 0 Å². The molecule has 1 N–H and O–H groups in total. The maximum Gasteiger partial charge on any atom is 0.340 e. The zero-order chi connectivity index (χ0) is 35.5. The van der Waals surface area contributed by atoms with E-state index in [2.05, 4.69) is 63.6 Å². The molecule has 1 atom stereocenters. The van der Waals surface area contributed by atoms with Crippen LogP contribution in [0.2, 0.25) is 0 Å². The standard InChI is InChI=1S/C36H43BrN10O3P/c1-43-21-26(18-40-43)30-16-31(35(50-3)17-34(30)45-13-11-44(12-14-45)27-7-5-6-8-27)42-32-20-38-24-39-36(32)47(37)33-10-9-28(15-25(33)23-51(4)48)46-22-29(49-2)19-41-46/h9-10,15-22,24,27,42H,5-8,11-14,23H2,1-4H3/q+1. The fourth-order valence-corrected chi connectivity index (χ4v) is 8.50. The Morgan fingerprint density at radius 3 is 2.47 bits per heavy atom. The molecule has 13 nitrogen and oxygen atoms in total. The summed E-state index contributed by atoms with van der Waals surface area (Å²) in [4.78, 5) is 14.2. The first-order valence-corrected chi connectivity index (χ1v) is 19.7. The summed E-state index contributed by atoms with van der Waals surface area (Å²) in [6.07, 6.45) is 16.3. The molecule has 2 fully saturated rings. The van der Waals surface area contributed by atoms with Crippen molar-refractivity contribution in [3.05, 3.63) is 73.2 Å². The smallest absolute Gasteiger partial charge is 0.340 e. The number of methoxy groups -OCH3 is 2. The van der Waals surface area contributed by atoms with Gasteiger partial charge in [-0.05, 0) is 37.1 Å². The van der Waals surface area contributed by atoms with Gasteiger partial charge in [0.15, 0.2) is 17.7 Å². The van der Waals surface area contributed by atoms with Gasteiger partial charge in [0.1, 0.15) is 24.4 Å². The number of halogens is 1. The van der Waals surface area contributed by atoms with Crippen LogP contribution in [-0.2, 0) is 17.8 Å². The Morgan fingerprint density at radius 1 is 0.980 bits per heavy atom. The molecule has 2 aliphatic rings. The molecule has 0 spiro atoms. The van der Waals surface area contributed by atoms with E-state index >= 15 is 0 Å². The second-order valence-electron chi connectivity index (χ2n) is 13.0. The number of benzene rings is 2. The van der Waals surface area contributed by atoms with Crippen LogP contribution in [0.4, 0.5) is 28.6 Å². The number of rotatable bonds is 12. The predicted octanol–water partition coefficient (Wildman–Crippen LogP) is 7.29. The van der Waals surface area contributed by atoms with E-state index in [-0.39, 0.29) is 0 Å². The van der Waals surface area contributed by atoms with Crippen molar-refractivity contribution in [1.82, 2.24) is 34.4 Å². The van der Waals surface area contributed by atoms with Crippen LogP contribution in [0.5, 0.6) is 11.5 Å². The number of nitrogens with one attached hydrogen (secondary N) is 1. The lowest BCUT2D eigenvalue weighted by Crippen LogP contribution is -2.49. The number of hydrogen-bond acceptors (Lipinski definition) is 11. The largest absolute Gasteiger partial charge is 0.494 e. The van der Waals surface area contributed by atoms with Crippen molar-refractivity contribution < 1.29 is 14.0 Å². The zero-order valence-corrected chi connectivity index (χ0v) is 31.8. The summed E-state index contributed by atoms with van der Waals surface area (Å²) < 4.78 is 29.3. The summed E-state index contributed by atoms with van der Waals surface area (Å²) in [5.74, 6) is 1.93. The normalized spacial score (nSPS) is 15.6. The van der Waals surface area contributed by atoms with Crippen molar-refractivity contribution in [2.45, 2.75) is 37.9 Å². The topological polar surface area (TPSA) is 119 Å². The van der Waals surface area contributed by atoms with Gasteiger partial charge in [0.05, 0.1) is 72.2 Å². The van der Waals surface area contributed by atoms with E-state index in [4.69, 9.17) is 9.47 Å². The number of ether oxygens (including phenoxy) is 2. The lowest BCUT2D eigenvalue weighted by atomic mass is 10.0. The number of piperazine rings is 1. The molecule has 7 rings (SSSR count). The lowest BCUT2D eigenvalue weighted by Gasteiger charge is -2.40. The van der Waals surface area contributed by atoms with E-state index in [1.165, 1.54) is 32.0 Å². The number of aryl methyl sites for hydroxylation is 1. The SMILES string of the molecule is COc1cnn(-c2ccc(N(Br)c3ncncc3Nc3cc(-c4cnn(C)c4)c(N4CCN(C5CCCC5)CC4)cc3OC)c(C[P+](C)=O)c2)c1. The first-order chi connectivity index (χ1) is 24.8. The minimum Gasteiger partial charge on any atom is -0.494 e. The van der Waals surface area contributed by atoms with Crippen LogP contribution in [-0.4, -0.2) is 87.5 Å². The molecule has 1 saturated carbocycles. The third-order valence-corrected chi connectivity index (χ3v) is 11.2. The van der Waals surface area contributed by atoms with Gasteiger partial charge in [-0.25, -0.2) is 14.6 Å².